The van der Waals surface area contributed by atoms with Gasteiger partial charge >= 0.3 is 6.09 Å². The molecule has 1 aromatic carbocycles. The van der Waals surface area contributed by atoms with Crippen molar-refractivity contribution in [3.63, 3.8) is 0 Å². The molecule has 0 bridgehead atoms. The van der Waals surface area contributed by atoms with Crippen LogP contribution < -0.4 is 5.32 Å². The summed E-state index contributed by atoms with van der Waals surface area (Å²) in [6, 6.07) is 13.0. The molecule has 0 unspecified atom stereocenters. The molecule has 3 aromatic rings. The second kappa shape index (κ2) is 9.30. The van der Waals surface area contributed by atoms with Crippen LogP contribution in [0.2, 0.25) is 0 Å². The van der Waals surface area contributed by atoms with Gasteiger partial charge in [-0.1, -0.05) is 35.5 Å². The van der Waals surface area contributed by atoms with Gasteiger partial charge in [-0.3, -0.25) is 4.79 Å². The number of aromatic nitrogens is 3. The number of carboxylic acid groups (broad SMARTS) is 1. The maximum atomic E-state index is 13.0. The Kier molecular flexibility index (Phi) is 6.74. The highest BCUT2D eigenvalue weighted by molar-refractivity contribution is 7.17. The molecule has 0 aliphatic heterocycles. The van der Waals surface area contributed by atoms with Crippen molar-refractivity contribution in [2.45, 2.75) is 38.8 Å². The average Bonchev–Trinajstić information content (AvgIpc) is 3.34. The van der Waals surface area contributed by atoms with Crippen molar-refractivity contribution in [1.29, 1.82) is 0 Å². The lowest BCUT2D eigenvalue weighted by atomic mass is 10.0. The van der Waals surface area contributed by atoms with E-state index in [4.69, 9.17) is 0 Å². The Morgan fingerprint density at radius 2 is 1.90 bits per heavy atom. The molecule has 1 atom stereocenters. The standard InChI is InChI=1S/C22H27N5O3S/c1-22(2,3)27(21(29)30)14-16(12-15-8-6-5-7-9-15)24-20(28)19-11-10-18(31-19)17-13-23-25-26(17)4/h5-11,13,16H,12,14H2,1-4H3,(H,24,28)(H,29,30)/t16-/m1/s1. The highest BCUT2D eigenvalue weighted by Gasteiger charge is 2.30. The molecule has 164 valence electrons. The topological polar surface area (TPSA) is 100 Å². The van der Waals surface area contributed by atoms with Crippen LogP contribution in [-0.2, 0) is 13.5 Å². The van der Waals surface area contributed by atoms with E-state index in [-0.39, 0.29) is 18.5 Å². The molecule has 0 saturated heterocycles. The van der Waals surface area contributed by atoms with E-state index in [0.29, 0.717) is 11.3 Å². The maximum absolute atomic E-state index is 13.0. The van der Waals surface area contributed by atoms with Crippen LogP contribution in [0.1, 0.15) is 36.0 Å². The minimum absolute atomic E-state index is 0.184. The van der Waals surface area contributed by atoms with Gasteiger partial charge in [-0.05, 0) is 44.9 Å². The van der Waals surface area contributed by atoms with Gasteiger partial charge in [0, 0.05) is 19.1 Å². The molecule has 0 spiro atoms. The predicted octanol–water partition coefficient (Wildman–Crippen LogP) is 3.66. The van der Waals surface area contributed by atoms with Crippen molar-refractivity contribution in [3.05, 3.63) is 59.1 Å². The Hall–Kier alpha value is -3.20. The monoisotopic (exact) mass is 441 g/mol. The summed E-state index contributed by atoms with van der Waals surface area (Å²) in [6.45, 7) is 5.71. The summed E-state index contributed by atoms with van der Waals surface area (Å²) in [6.07, 6.45) is 1.16. The lowest BCUT2D eigenvalue weighted by Gasteiger charge is -2.36. The number of carbonyl (C=O) groups is 2. The van der Waals surface area contributed by atoms with E-state index in [1.807, 2.05) is 57.2 Å². The quantitative estimate of drug-likeness (QED) is 0.583. The number of rotatable bonds is 7. The van der Waals surface area contributed by atoms with Crippen LogP contribution in [-0.4, -0.2) is 55.1 Å². The zero-order valence-electron chi connectivity index (χ0n) is 18.1. The van der Waals surface area contributed by atoms with Crippen molar-refractivity contribution in [2.24, 2.45) is 7.05 Å². The van der Waals surface area contributed by atoms with Gasteiger partial charge in [0.05, 0.1) is 27.7 Å². The number of nitrogens with zero attached hydrogens (tertiary/aromatic N) is 4. The highest BCUT2D eigenvalue weighted by Crippen LogP contribution is 2.27. The summed E-state index contributed by atoms with van der Waals surface area (Å²) < 4.78 is 1.65. The molecular weight excluding hydrogens is 414 g/mol. The molecular formula is C22H27N5O3S. The van der Waals surface area contributed by atoms with E-state index in [0.717, 1.165) is 16.1 Å². The Morgan fingerprint density at radius 1 is 1.19 bits per heavy atom. The molecule has 0 fully saturated rings. The van der Waals surface area contributed by atoms with Gasteiger partial charge in [-0.2, -0.15) is 0 Å². The van der Waals surface area contributed by atoms with Crippen LogP contribution in [0.3, 0.4) is 0 Å². The number of carbonyl (C=O) groups excluding carboxylic acids is 1. The highest BCUT2D eigenvalue weighted by atomic mass is 32.1. The number of amides is 2. The van der Waals surface area contributed by atoms with E-state index in [1.165, 1.54) is 16.2 Å². The van der Waals surface area contributed by atoms with Crippen LogP contribution in [0, 0.1) is 0 Å². The maximum Gasteiger partial charge on any atom is 0.407 e. The molecule has 2 heterocycles. The fourth-order valence-electron chi connectivity index (χ4n) is 3.29. The molecule has 9 heteroatoms. The third-order valence-corrected chi connectivity index (χ3v) is 6.01. The molecule has 8 nitrogen and oxygen atoms in total. The normalized spacial score (nSPS) is 12.4. The lowest BCUT2D eigenvalue weighted by Crippen LogP contribution is -2.53. The van der Waals surface area contributed by atoms with Crippen LogP contribution in [0.25, 0.3) is 10.6 Å². The minimum Gasteiger partial charge on any atom is -0.465 e. The Labute approximate surface area is 185 Å². The molecule has 3 rings (SSSR count). The zero-order valence-corrected chi connectivity index (χ0v) is 18.9. The molecule has 2 amide bonds. The van der Waals surface area contributed by atoms with E-state index < -0.39 is 11.6 Å². The third-order valence-electron chi connectivity index (χ3n) is 4.90. The van der Waals surface area contributed by atoms with Crippen molar-refractivity contribution in [1.82, 2.24) is 25.2 Å². The van der Waals surface area contributed by atoms with E-state index in [9.17, 15) is 14.7 Å². The van der Waals surface area contributed by atoms with Crippen LogP contribution in [0.15, 0.2) is 48.7 Å². The van der Waals surface area contributed by atoms with E-state index >= 15 is 0 Å². The summed E-state index contributed by atoms with van der Waals surface area (Å²) in [5.41, 5.74) is 1.27. The van der Waals surface area contributed by atoms with Crippen molar-refractivity contribution < 1.29 is 14.7 Å². The predicted molar refractivity (Wildman–Crippen MR) is 120 cm³/mol. The largest absolute Gasteiger partial charge is 0.465 e. The van der Waals surface area contributed by atoms with E-state index in [1.54, 1.807) is 24.0 Å². The second-order valence-electron chi connectivity index (χ2n) is 8.33. The van der Waals surface area contributed by atoms with Gasteiger partial charge in [0.15, 0.2) is 0 Å². The van der Waals surface area contributed by atoms with Gasteiger partial charge in [0.1, 0.15) is 0 Å². The van der Waals surface area contributed by atoms with Crippen LogP contribution >= 0.6 is 11.3 Å². The fourth-order valence-corrected chi connectivity index (χ4v) is 4.24. The second-order valence-corrected chi connectivity index (χ2v) is 9.41. The number of hydrogen-bond donors (Lipinski definition) is 2. The molecule has 2 N–H and O–H groups in total. The summed E-state index contributed by atoms with van der Waals surface area (Å²) in [5.74, 6) is -0.230. The van der Waals surface area contributed by atoms with Crippen LogP contribution in [0.4, 0.5) is 4.79 Å². The van der Waals surface area contributed by atoms with Gasteiger partial charge < -0.3 is 15.3 Å². The first kappa shape index (κ1) is 22.5. The van der Waals surface area contributed by atoms with Gasteiger partial charge in [0.2, 0.25) is 0 Å². The number of hydrogen-bond acceptors (Lipinski definition) is 5. The first-order chi connectivity index (χ1) is 14.6. The van der Waals surface area contributed by atoms with Crippen molar-refractivity contribution >= 4 is 23.3 Å². The molecule has 0 aliphatic rings. The number of nitrogens with one attached hydrogen (secondary N) is 1. The zero-order chi connectivity index (χ0) is 22.6. The molecule has 2 aromatic heterocycles. The fraction of sp³-hybridized carbons (Fsp3) is 0.364. The summed E-state index contributed by atoms with van der Waals surface area (Å²) in [4.78, 5) is 27.7. The third kappa shape index (κ3) is 5.69. The average molecular weight is 442 g/mol. The van der Waals surface area contributed by atoms with Crippen molar-refractivity contribution in [2.75, 3.05) is 6.54 Å². The molecule has 0 radical (unpaired) electrons. The number of aryl methyl sites for hydroxylation is 1. The number of thiophene rings is 1. The molecule has 0 saturated carbocycles. The summed E-state index contributed by atoms with van der Waals surface area (Å²) in [7, 11) is 1.80. The SMILES string of the molecule is Cn1nncc1-c1ccc(C(=O)N[C@H](Cc2ccccc2)CN(C(=O)O)C(C)(C)C)s1. The lowest BCUT2D eigenvalue weighted by molar-refractivity contribution is 0.0824. The smallest absolute Gasteiger partial charge is 0.407 e. The molecule has 0 aliphatic carbocycles. The van der Waals surface area contributed by atoms with Gasteiger partial charge in [-0.25, -0.2) is 9.48 Å². The Bertz CT molecular complexity index is 1040. The molecule has 31 heavy (non-hydrogen) atoms. The van der Waals surface area contributed by atoms with E-state index in [2.05, 4.69) is 15.6 Å². The number of benzene rings is 1. The first-order valence-electron chi connectivity index (χ1n) is 9.95. The summed E-state index contributed by atoms with van der Waals surface area (Å²) >= 11 is 1.35. The minimum atomic E-state index is -1.01. The first-order valence-corrected chi connectivity index (χ1v) is 10.8. The van der Waals surface area contributed by atoms with Crippen molar-refractivity contribution in [3.8, 4) is 10.6 Å². The van der Waals surface area contributed by atoms with Crippen LogP contribution in [0.5, 0.6) is 0 Å². The Balaban J connectivity index is 1.80. The Morgan fingerprint density at radius 3 is 2.48 bits per heavy atom. The van der Waals surface area contributed by atoms with Gasteiger partial charge in [0.25, 0.3) is 5.91 Å². The summed E-state index contributed by atoms with van der Waals surface area (Å²) in [5, 5.41) is 20.6. The van der Waals surface area contributed by atoms with Gasteiger partial charge in [-0.15, -0.1) is 16.4 Å².